The highest BCUT2D eigenvalue weighted by atomic mass is 16.5. The summed E-state index contributed by atoms with van der Waals surface area (Å²) in [6, 6.07) is 0. The van der Waals surface area contributed by atoms with Crippen LogP contribution in [0.3, 0.4) is 0 Å². The molecule has 0 aliphatic heterocycles. The number of aryl methyl sites for hydroxylation is 2. The summed E-state index contributed by atoms with van der Waals surface area (Å²) in [6.07, 6.45) is 0.549. The van der Waals surface area contributed by atoms with Crippen LogP contribution in [0.15, 0.2) is 0 Å². The van der Waals surface area contributed by atoms with Crippen LogP contribution in [0.5, 0.6) is 0 Å². The molecule has 0 spiro atoms. The summed E-state index contributed by atoms with van der Waals surface area (Å²) < 4.78 is 6.74. The van der Waals surface area contributed by atoms with Crippen molar-refractivity contribution in [3.63, 3.8) is 0 Å². The third kappa shape index (κ3) is 4.56. The number of nitrogens with zero attached hydrogens (tertiary/aromatic N) is 3. The van der Waals surface area contributed by atoms with Crippen molar-refractivity contribution in [3.8, 4) is 0 Å². The van der Waals surface area contributed by atoms with Gasteiger partial charge in [-0.2, -0.15) is 5.10 Å². The van der Waals surface area contributed by atoms with Crippen LogP contribution in [0.2, 0.25) is 0 Å². The van der Waals surface area contributed by atoms with Gasteiger partial charge in [0.05, 0.1) is 12.3 Å². The van der Waals surface area contributed by atoms with Crippen molar-refractivity contribution in [2.45, 2.75) is 27.2 Å². The summed E-state index contributed by atoms with van der Waals surface area (Å²) in [4.78, 5) is 24.8. The van der Waals surface area contributed by atoms with Crippen molar-refractivity contribution >= 4 is 11.9 Å². The van der Waals surface area contributed by atoms with Gasteiger partial charge in [0.2, 0.25) is 5.91 Å². The number of hydrogen-bond acceptors (Lipinski definition) is 4. The normalized spacial score (nSPS) is 12.2. The minimum atomic E-state index is -1.02. The maximum atomic E-state index is 12.5. The van der Waals surface area contributed by atoms with Crippen LogP contribution in [0.4, 0.5) is 0 Å². The molecule has 1 rings (SSSR count). The van der Waals surface area contributed by atoms with Crippen molar-refractivity contribution in [1.82, 2.24) is 14.7 Å². The van der Waals surface area contributed by atoms with Gasteiger partial charge in [0.25, 0.3) is 0 Å². The van der Waals surface area contributed by atoms with Crippen LogP contribution < -0.4 is 0 Å². The highest BCUT2D eigenvalue weighted by Gasteiger charge is 2.24. The molecule has 22 heavy (non-hydrogen) atoms. The van der Waals surface area contributed by atoms with Gasteiger partial charge in [-0.1, -0.05) is 6.92 Å². The van der Waals surface area contributed by atoms with Crippen LogP contribution in [0, 0.1) is 19.8 Å². The molecule has 1 aromatic heterocycles. The van der Waals surface area contributed by atoms with E-state index < -0.39 is 5.97 Å². The van der Waals surface area contributed by atoms with Crippen molar-refractivity contribution < 1.29 is 19.4 Å². The van der Waals surface area contributed by atoms with Gasteiger partial charge >= 0.3 is 5.97 Å². The smallest absolute Gasteiger partial charge is 0.323 e. The van der Waals surface area contributed by atoms with Crippen LogP contribution >= 0.6 is 0 Å². The number of hydrogen-bond donors (Lipinski definition) is 1. The van der Waals surface area contributed by atoms with Crippen molar-refractivity contribution in [2.75, 3.05) is 26.8 Å². The number of methoxy groups -OCH3 is 1. The molecule has 1 aromatic rings. The number of rotatable bonds is 8. The summed E-state index contributed by atoms with van der Waals surface area (Å²) in [5, 5.41) is 13.3. The Morgan fingerprint density at radius 3 is 2.50 bits per heavy atom. The lowest BCUT2D eigenvalue weighted by Crippen LogP contribution is -2.41. The summed E-state index contributed by atoms with van der Waals surface area (Å²) in [7, 11) is 3.39. The van der Waals surface area contributed by atoms with E-state index in [0.29, 0.717) is 13.0 Å². The van der Waals surface area contributed by atoms with Gasteiger partial charge in [-0.05, 0) is 25.8 Å². The zero-order valence-corrected chi connectivity index (χ0v) is 13.9. The minimum absolute atomic E-state index is 0.179. The highest BCUT2D eigenvalue weighted by molar-refractivity contribution is 5.83. The average molecular weight is 311 g/mol. The number of amides is 1. The van der Waals surface area contributed by atoms with Crippen molar-refractivity contribution in [2.24, 2.45) is 13.0 Å². The molecule has 0 aromatic carbocycles. The molecule has 1 atom stereocenters. The number of carbonyl (C=O) groups is 2. The molecule has 0 aliphatic rings. The fourth-order valence-electron chi connectivity index (χ4n) is 2.45. The first-order chi connectivity index (χ1) is 10.3. The number of aromatic nitrogens is 2. The first kappa shape index (κ1) is 18.2. The number of carbonyl (C=O) groups excluding carboxylic acids is 1. The maximum absolute atomic E-state index is 12.5. The minimum Gasteiger partial charge on any atom is -0.480 e. The number of carboxylic acids is 1. The molecule has 1 unspecified atom stereocenters. The van der Waals surface area contributed by atoms with E-state index in [-0.39, 0.29) is 24.9 Å². The Morgan fingerprint density at radius 2 is 2.05 bits per heavy atom. The molecule has 0 bridgehead atoms. The quantitative estimate of drug-likeness (QED) is 0.767. The predicted molar refractivity (Wildman–Crippen MR) is 81.6 cm³/mol. The Balaban J connectivity index is 2.81. The van der Waals surface area contributed by atoms with Gasteiger partial charge in [0.15, 0.2) is 0 Å². The Morgan fingerprint density at radius 1 is 1.41 bits per heavy atom. The second kappa shape index (κ2) is 7.93. The van der Waals surface area contributed by atoms with Crippen LogP contribution in [-0.4, -0.2) is 58.5 Å². The topological polar surface area (TPSA) is 84.7 Å². The average Bonchev–Trinajstić information content (AvgIpc) is 2.68. The second-order valence-electron chi connectivity index (χ2n) is 5.52. The van der Waals surface area contributed by atoms with Gasteiger partial charge in [0.1, 0.15) is 6.54 Å². The summed E-state index contributed by atoms with van der Waals surface area (Å²) in [5.74, 6) is -1.51. The Hall–Kier alpha value is -1.89. The molecule has 0 radical (unpaired) electrons. The second-order valence-corrected chi connectivity index (χ2v) is 5.52. The molecule has 0 fully saturated rings. The maximum Gasteiger partial charge on any atom is 0.323 e. The lowest BCUT2D eigenvalue weighted by molar-refractivity contribution is -0.146. The van der Waals surface area contributed by atoms with Crippen LogP contribution in [0.1, 0.15) is 23.9 Å². The standard InChI is InChI=1S/C15H25N3O4/c1-10(8-13-11(2)16-17(4)12(13)3)15(21)18(6-7-22-5)9-14(19)20/h10H,6-9H2,1-5H3,(H,19,20). The molecule has 1 amide bonds. The number of aliphatic carboxylic acids is 1. The molecule has 1 N–H and O–H groups in total. The van der Waals surface area contributed by atoms with E-state index in [9.17, 15) is 9.59 Å². The van der Waals surface area contributed by atoms with Gasteiger partial charge in [-0.25, -0.2) is 0 Å². The SMILES string of the molecule is COCCN(CC(=O)O)C(=O)C(C)Cc1c(C)nn(C)c1C. The van der Waals surface area contributed by atoms with E-state index in [1.807, 2.05) is 27.8 Å². The van der Waals surface area contributed by atoms with Gasteiger partial charge in [-0.3, -0.25) is 14.3 Å². The molecule has 124 valence electrons. The van der Waals surface area contributed by atoms with Crippen molar-refractivity contribution in [3.05, 3.63) is 17.0 Å². The summed E-state index contributed by atoms with van der Waals surface area (Å²) in [6.45, 7) is 5.98. The molecule has 0 aliphatic carbocycles. The fourth-order valence-corrected chi connectivity index (χ4v) is 2.45. The van der Waals surface area contributed by atoms with Gasteiger partial charge in [-0.15, -0.1) is 0 Å². The molecule has 7 heteroatoms. The largest absolute Gasteiger partial charge is 0.480 e. The molecular formula is C15H25N3O4. The Bertz CT molecular complexity index is 539. The highest BCUT2D eigenvalue weighted by Crippen LogP contribution is 2.18. The number of carboxylic acid groups (broad SMARTS) is 1. The monoisotopic (exact) mass is 311 g/mol. The molecular weight excluding hydrogens is 286 g/mol. The Labute approximate surface area is 130 Å². The molecule has 1 heterocycles. The van der Waals surface area contributed by atoms with E-state index in [1.165, 1.54) is 12.0 Å². The summed E-state index contributed by atoms with van der Waals surface area (Å²) in [5.41, 5.74) is 2.98. The lowest BCUT2D eigenvalue weighted by atomic mass is 9.98. The summed E-state index contributed by atoms with van der Waals surface area (Å²) >= 11 is 0. The van der Waals surface area contributed by atoms with Crippen LogP contribution in [-0.2, 0) is 27.8 Å². The zero-order valence-electron chi connectivity index (χ0n) is 13.9. The van der Waals surface area contributed by atoms with E-state index in [2.05, 4.69) is 5.10 Å². The predicted octanol–water partition coefficient (Wildman–Crippen LogP) is 0.775. The van der Waals surface area contributed by atoms with Gasteiger partial charge in [0, 0.05) is 32.3 Å². The molecule has 0 saturated heterocycles. The third-order valence-corrected chi connectivity index (χ3v) is 3.79. The Kier molecular flexibility index (Phi) is 6.55. The first-order valence-corrected chi connectivity index (χ1v) is 7.26. The van der Waals surface area contributed by atoms with Gasteiger partial charge < -0.3 is 14.7 Å². The van der Waals surface area contributed by atoms with E-state index in [4.69, 9.17) is 9.84 Å². The fraction of sp³-hybridized carbons (Fsp3) is 0.667. The van der Waals surface area contributed by atoms with E-state index >= 15 is 0 Å². The van der Waals surface area contributed by atoms with E-state index in [0.717, 1.165) is 17.0 Å². The number of ether oxygens (including phenoxy) is 1. The lowest BCUT2D eigenvalue weighted by Gasteiger charge is -2.24. The van der Waals surface area contributed by atoms with Crippen molar-refractivity contribution in [1.29, 1.82) is 0 Å². The third-order valence-electron chi connectivity index (χ3n) is 3.79. The molecule has 7 nitrogen and oxygen atoms in total. The zero-order chi connectivity index (χ0) is 16.9. The molecule has 0 saturated carbocycles. The van der Waals surface area contributed by atoms with E-state index in [1.54, 1.807) is 4.68 Å². The van der Waals surface area contributed by atoms with Crippen LogP contribution in [0.25, 0.3) is 0 Å². The first-order valence-electron chi connectivity index (χ1n) is 7.26.